The molecule has 0 amide bonds. The van der Waals surface area contributed by atoms with Crippen LogP contribution in [0.3, 0.4) is 0 Å². The van der Waals surface area contributed by atoms with Crippen LogP contribution in [0.1, 0.15) is 62.2 Å². The molecule has 2 heteroatoms. The van der Waals surface area contributed by atoms with E-state index in [0.717, 1.165) is 24.8 Å². The van der Waals surface area contributed by atoms with Gasteiger partial charge in [-0.3, -0.25) is 4.79 Å². The first-order valence-corrected chi connectivity index (χ1v) is 9.10. The van der Waals surface area contributed by atoms with Crippen LogP contribution in [0.2, 0.25) is 0 Å². The van der Waals surface area contributed by atoms with Gasteiger partial charge in [0.25, 0.3) is 0 Å². The largest absolute Gasteiger partial charge is 0.457 e. The van der Waals surface area contributed by atoms with Crippen molar-refractivity contribution in [3.8, 4) is 0 Å². The highest BCUT2D eigenvalue weighted by atomic mass is 16.5. The van der Waals surface area contributed by atoms with Crippen LogP contribution in [0, 0.1) is 5.92 Å². The zero-order valence-electron chi connectivity index (χ0n) is 14.4. The van der Waals surface area contributed by atoms with Crippen LogP contribution in [-0.4, -0.2) is 5.97 Å². The third kappa shape index (κ3) is 3.87. The molecule has 1 heterocycles. The summed E-state index contributed by atoms with van der Waals surface area (Å²) in [4.78, 5) is 12.5. The SMILES string of the molecule is CCCCC[C@H]1C[C@H](c2ccccc2)[C@H](c2ccccc2)OC1=O. The fourth-order valence-corrected chi connectivity index (χ4v) is 3.66. The van der Waals surface area contributed by atoms with E-state index >= 15 is 0 Å². The van der Waals surface area contributed by atoms with Gasteiger partial charge in [-0.05, 0) is 24.0 Å². The summed E-state index contributed by atoms with van der Waals surface area (Å²) in [7, 11) is 0. The maximum Gasteiger partial charge on any atom is 0.309 e. The second-order valence-corrected chi connectivity index (χ2v) is 6.71. The molecule has 1 fully saturated rings. The Hall–Kier alpha value is -2.09. The monoisotopic (exact) mass is 322 g/mol. The Morgan fingerprint density at radius 1 is 0.917 bits per heavy atom. The van der Waals surface area contributed by atoms with Crippen molar-refractivity contribution in [2.45, 2.75) is 51.0 Å². The van der Waals surface area contributed by atoms with Gasteiger partial charge >= 0.3 is 5.97 Å². The number of esters is 1. The van der Waals surface area contributed by atoms with Gasteiger partial charge in [-0.25, -0.2) is 0 Å². The van der Waals surface area contributed by atoms with Gasteiger partial charge in [-0.2, -0.15) is 0 Å². The standard InChI is InChI=1S/C22H26O2/c1-2-3-6-15-19-16-20(17-11-7-4-8-12-17)21(24-22(19)23)18-13-9-5-10-14-18/h4-5,7-14,19-21H,2-3,6,15-16H2,1H3/t19-,20+,21-/m0/s1. The highest BCUT2D eigenvalue weighted by molar-refractivity contribution is 5.74. The van der Waals surface area contributed by atoms with Crippen molar-refractivity contribution in [1.82, 2.24) is 0 Å². The topological polar surface area (TPSA) is 26.3 Å². The van der Waals surface area contributed by atoms with Gasteiger partial charge in [0.15, 0.2) is 0 Å². The fourth-order valence-electron chi connectivity index (χ4n) is 3.66. The zero-order chi connectivity index (χ0) is 16.8. The molecule has 0 N–H and O–H groups in total. The number of ether oxygens (including phenoxy) is 1. The van der Waals surface area contributed by atoms with E-state index in [1.807, 2.05) is 24.3 Å². The minimum Gasteiger partial charge on any atom is -0.457 e. The lowest BCUT2D eigenvalue weighted by Gasteiger charge is -2.36. The molecule has 2 nitrogen and oxygen atoms in total. The van der Waals surface area contributed by atoms with Crippen LogP contribution in [-0.2, 0) is 9.53 Å². The number of benzene rings is 2. The first-order chi connectivity index (χ1) is 11.8. The van der Waals surface area contributed by atoms with E-state index in [-0.39, 0.29) is 23.9 Å². The first kappa shape index (κ1) is 16.8. The average Bonchev–Trinajstić information content (AvgIpc) is 2.64. The van der Waals surface area contributed by atoms with Crippen LogP contribution < -0.4 is 0 Å². The molecule has 126 valence electrons. The summed E-state index contributed by atoms with van der Waals surface area (Å²) in [5.74, 6) is 0.242. The van der Waals surface area contributed by atoms with Crippen molar-refractivity contribution in [3.63, 3.8) is 0 Å². The molecule has 1 aliphatic rings. The van der Waals surface area contributed by atoms with E-state index in [1.165, 1.54) is 18.4 Å². The zero-order valence-corrected chi connectivity index (χ0v) is 14.4. The summed E-state index contributed by atoms with van der Waals surface area (Å²) in [5.41, 5.74) is 2.35. The second kappa shape index (κ2) is 8.14. The van der Waals surface area contributed by atoms with Crippen LogP contribution in [0.4, 0.5) is 0 Å². The van der Waals surface area contributed by atoms with E-state index in [2.05, 4.69) is 43.3 Å². The van der Waals surface area contributed by atoms with Gasteiger partial charge in [0.05, 0.1) is 5.92 Å². The summed E-state index contributed by atoms with van der Waals surface area (Å²) in [6, 6.07) is 20.6. The number of rotatable bonds is 6. The molecule has 3 atom stereocenters. The van der Waals surface area contributed by atoms with Crippen molar-refractivity contribution in [3.05, 3.63) is 71.8 Å². The Bertz CT molecular complexity index is 636. The number of carbonyl (C=O) groups excluding carboxylic acids is 1. The predicted octanol–water partition coefficient (Wildman–Crippen LogP) is 5.65. The van der Waals surface area contributed by atoms with Gasteiger partial charge in [0, 0.05) is 5.92 Å². The highest BCUT2D eigenvalue weighted by Gasteiger charge is 2.38. The third-order valence-electron chi connectivity index (χ3n) is 4.99. The summed E-state index contributed by atoms with van der Waals surface area (Å²) in [6.07, 6.45) is 5.11. The van der Waals surface area contributed by atoms with E-state index in [0.29, 0.717) is 0 Å². The average molecular weight is 322 g/mol. The van der Waals surface area contributed by atoms with E-state index in [4.69, 9.17) is 4.74 Å². The lowest BCUT2D eigenvalue weighted by atomic mass is 9.78. The minimum absolute atomic E-state index is 0.0212. The summed E-state index contributed by atoms with van der Waals surface area (Å²) in [5, 5.41) is 0. The number of unbranched alkanes of at least 4 members (excludes halogenated alkanes) is 2. The number of hydrogen-bond donors (Lipinski definition) is 0. The fraction of sp³-hybridized carbons (Fsp3) is 0.409. The molecule has 0 unspecified atom stereocenters. The van der Waals surface area contributed by atoms with Gasteiger partial charge in [0.1, 0.15) is 6.10 Å². The number of hydrogen-bond acceptors (Lipinski definition) is 2. The van der Waals surface area contributed by atoms with Crippen molar-refractivity contribution < 1.29 is 9.53 Å². The van der Waals surface area contributed by atoms with Gasteiger partial charge in [-0.1, -0.05) is 86.8 Å². The molecule has 2 aromatic rings. The molecule has 0 spiro atoms. The molecule has 2 aromatic carbocycles. The van der Waals surface area contributed by atoms with Crippen molar-refractivity contribution >= 4 is 5.97 Å². The predicted molar refractivity (Wildman–Crippen MR) is 96.7 cm³/mol. The van der Waals surface area contributed by atoms with Crippen LogP contribution in [0.15, 0.2) is 60.7 Å². The van der Waals surface area contributed by atoms with Crippen LogP contribution >= 0.6 is 0 Å². The Morgan fingerprint density at radius 3 is 2.17 bits per heavy atom. The second-order valence-electron chi connectivity index (χ2n) is 6.71. The lowest BCUT2D eigenvalue weighted by Crippen LogP contribution is -2.32. The molecule has 3 rings (SSSR count). The van der Waals surface area contributed by atoms with Crippen LogP contribution in [0.25, 0.3) is 0 Å². The summed E-state index contributed by atoms with van der Waals surface area (Å²) in [6.45, 7) is 2.19. The van der Waals surface area contributed by atoms with Gasteiger partial charge in [-0.15, -0.1) is 0 Å². The molecular weight excluding hydrogens is 296 g/mol. The molecule has 0 radical (unpaired) electrons. The lowest BCUT2D eigenvalue weighted by molar-refractivity contribution is -0.163. The van der Waals surface area contributed by atoms with Gasteiger partial charge in [0.2, 0.25) is 0 Å². The molecule has 0 aromatic heterocycles. The Kier molecular flexibility index (Phi) is 5.68. The Morgan fingerprint density at radius 2 is 1.54 bits per heavy atom. The van der Waals surface area contributed by atoms with Crippen molar-refractivity contribution in [2.24, 2.45) is 5.92 Å². The maximum absolute atomic E-state index is 12.5. The molecule has 0 saturated carbocycles. The minimum atomic E-state index is -0.177. The van der Waals surface area contributed by atoms with Crippen LogP contribution in [0.5, 0.6) is 0 Å². The molecule has 1 aliphatic heterocycles. The smallest absolute Gasteiger partial charge is 0.309 e. The summed E-state index contributed by atoms with van der Waals surface area (Å²) < 4.78 is 5.94. The van der Waals surface area contributed by atoms with E-state index in [9.17, 15) is 4.79 Å². The first-order valence-electron chi connectivity index (χ1n) is 9.10. The Balaban J connectivity index is 1.84. The molecule has 0 aliphatic carbocycles. The number of carbonyl (C=O) groups is 1. The normalized spacial score (nSPS) is 23.7. The molecule has 0 bridgehead atoms. The van der Waals surface area contributed by atoms with E-state index < -0.39 is 0 Å². The molecule has 1 saturated heterocycles. The van der Waals surface area contributed by atoms with Crippen molar-refractivity contribution in [1.29, 1.82) is 0 Å². The van der Waals surface area contributed by atoms with Gasteiger partial charge < -0.3 is 4.74 Å². The molecular formula is C22H26O2. The van der Waals surface area contributed by atoms with E-state index in [1.54, 1.807) is 0 Å². The van der Waals surface area contributed by atoms with Crippen molar-refractivity contribution in [2.75, 3.05) is 0 Å². The summed E-state index contributed by atoms with van der Waals surface area (Å²) >= 11 is 0. The number of cyclic esters (lactones) is 1. The third-order valence-corrected chi connectivity index (χ3v) is 4.99. The highest BCUT2D eigenvalue weighted by Crippen LogP contribution is 2.44. The Labute approximate surface area is 144 Å². The maximum atomic E-state index is 12.5. The molecule has 24 heavy (non-hydrogen) atoms. The quantitative estimate of drug-likeness (QED) is 0.507.